The lowest BCUT2D eigenvalue weighted by atomic mass is 10.4. The molecule has 0 unspecified atom stereocenters. The van der Waals surface area contributed by atoms with Crippen LogP contribution >= 0.6 is 0 Å². The average Bonchev–Trinajstić information content (AvgIpc) is 3.11. The quantitative estimate of drug-likeness (QED) is 0.847. The molecule has 1 amide bonds. The van der Waals surface area contributed by atoms with E-state index in [1.807, 2.05) is 0 Å². The second-order valence-electron chi connectivity index (χ2n) is 5.25. The third-order valence-electron chi connectivity index (χ3n) is 3.86. The van der Waals surface area contributed by atoms with Crippen molar-refractivity contribution in [3.63, 3.8) is 0 Å². The number of nitrogens with zero attached hydrogens (tertiary/aromatic N) is 4. The van der Waals surface area contributed by atoms with E-state index in [9.17, 15) is 13.2 Å². The molecule has 2 aromatic rings. The molecule has 1 fully saturated rings. The Hall–Kier alpha value is -2.00. The standard InChI is InChI=1S/C13H17N5O3S/c1-17(5-6-18-4-2-3-12(18)19)22(20,21)11-8-15-13-10(11)7-14-9-16-13/h7-9H,2-6H2,1H3,(H,14,15,16). The minimum Gasteiger partial charge on any atom is -0.345 e. The van der Waals surface area contributed by atoms with Crippen LogP contribution in [0.1, 0.15) is 12.8 Å². The molecule has 3 rings (SSSR count). The largest absolute Gasteiger partial charge is 0.345 e. The SMILES string of the molecule is CN(CCN1CCCC1=O)S(=O)(=O)c1c[nH]c2ncncc12. The van der Waals surface area contributed by atoms with Crippen LogP contribution in [0.3, 0.4) is 0 Å². The first-order valence-electron chi connectivity index (χ1n) is 7.01. The number of sulfonamides is 1. The molecule has 2 aromatic heterocycles. The third-order valence-corrected chi connectivity index (χ3v) is 5.76. The number of H-pyrrole nitrogens is 1. The smallest absolute Gasteiger partial charge is 0.245 e. The van der Waals surface area contributed by atoms with Crippen molar-refractivity contribution in [2.45, 2.75) is 17.7 Å². The number of rotatable bonds is 5. The molecule has 1 N–H and O–H groups in total. The number of aromatic nitrogens is 3. The topological polar surface area (TPSA) is 99.3 Å². The Bertz CT molecular complexity index is 801. The molecule has 0 radical (unpaired) electrons. The monoisotopic (exact) mass is 323 g/mol. The predicted octanol–water partition coefficient (Wildman–Crippen LogP) is 0.201. The Morgan fingerprint density at radius 1 is 1.45 bits per heavy atom. The van der Waals surface area contributed by atoms with Crippen molar-refractivity contribution in [2.24, 2.45) is 0 Å². The van der Waals surface area contributed by atoms with E-state index in [0.717, 1.165) is 6.42 Å². The highest BCUT2D eigenvalue weighted by molar-refractivity contribution is 7.89. The molecule has 0 saturated carbocycles. The first-order valence-corrected chi connectivity index (χ1v) is 8.45. The van der Waals surface area contributed by atoms with Crippen LogP contribution in [-0.4, -0.2) is 65.2 Å². The molecular weight excluding hydrogens is 306 g/mol. The summed E-state index contributed by atoms with van der Waals surface area (Å²) in [5, 5.41) is 0.464. The summed E-state index contributed by atoms with van der Waals surface area (Å²) >= 11 is 0. The van der Waals surface area contributed by atoms with Crippen LogP contribution in [0.2, 0.25) is 0 Å². The summed E-state index contributed by atoms with van der Waals surface area (Å²) < 4.78 is 26.5. The second-order valence-corrected chi connectivity index (χ2v) is 7.26. The number of fused-ring (bicyclic) bond motifs is 1. The highest BCUT2D eigenvalue weighted by Crippen LogP contribution is 2.23. The van der Waals surface area contributed by atoms with Gasteiger partial charge in [0.15, 0.2) is 0 Å². The molecule has 1 saturated heterocycles. The minimum atomic E-state index is -3.65. The van der Waals surface area contributed by atoms with E-state index >= 15 is 0 Å². The number of likely N-dealkylation sites (tertiary alicyclic amines) is 1. The maximum absolute atomic E-state index is 12.6. The summed E-state index contributed by atoms with van der Waals surface area (Å²) in [6.07, 6.45) is 5.65. The van der Waals surface area contributed by atoms with Gasteiger partial charge in [0, 0.05) is 45.5 Å². The third kappa shape index (κ3) is 2.57. The van der Waals surface area contributed by atoms with Gasteiger partial charge >= 0.3 is 0 Å². The Morgan fingerprint density at radius 2 is 2.27 bits per heavy atom. The summed E-state index contributed by atoms with van der Waals surface area (Å²) in [6.45, 7) is 1.37. The zero-order valence-electron chi connectivity index (χ0n) is 12.2. The number of hydrogen-bond acceptors (Lipinski definition) is 5. The van der Waals surface area contributed by atoms with Crippen molar-refractivity contribution in [1.82, 2.24) is 24.2 Å². The van der Waals surface area contributed by atoms with Crippen LogP contribution in [0.25, 0.3) is 11.0 Å². The lowest BCUT2D eigenvalue weighted by molar-refractivity contribution is -0.127. The first-order chi connectivity index (χ1) is 10.5. The van der Waals surface area contributed by atoms with E-state index in [1.54, 1.807) is 4.90 Å². The Labute approximate surface area is 128 Å². The Kier molecular flexibility index (Phi) is 3.83. The fourth-order valence-electron chi connectivity index (χ4n) is 2.54. The van der Waals surface area contributed by atoms with E-state index in [2.05, 4.69) is 15.0 Å². The zero-order chi connectivity index (χ0) is 15.7. The van der Waals surface area contributed by atoms with Crippen molar-refractivity contribution in [2.75, 3.05) is 26.7 Å². The van der Waals surface area contributed by atoms with Gasteiger partial charge in [0.05, 0.1) is 5.39 Å². The normalized spacial score (nSPS) is 16.1. The van der Waals surface area contributed by atoms with Gasteiger partial charge in [-0.05, 0) is 6.42 Å². The molecule has 0 atom stereocenters. The van der Waals surface area contributed by atoms with Crippen LogP contribution in [-0.2, 0) is 14.8 Å². The maximum Gasteiger partial charge on any atom is 0.245 e. The maximum atomic E-state index is 12.6. The molecule has 0 aliphatic carbocycles. The highest BCUT2D eigenvalue weighted by atomic mass is 32.2. The second kappa shape index (κ2) is 5.65. The van der Waals surface area contributed by atoms with Crippen molar-refractivity contribution < 1.29 is 13.2 Å². The van der Waals surface area contributed by atoms with Gasteiger partial charge in [-0.25, -0.2) is 18.4 Å². The van der Waals surface area contributed by atoms with E-state index in [-0.39, 0.29) is 17.3 Å². The van der Waals surface area contributed by atoms with Gasteiger partial charge in [0.25, 0.3) is 0 Å². The van der Waals surface area contributed by atoms with Crippen molar-refractivity contribution >= 4 is 27.0 Å². The van der Waals surface area contributed by atoms with Crippen LogP contribution in [0.5, 0.6) is 0 Å². The van der Waals surface area contributed by atoms with Gasteiger partial charge in [-0.2, -0.15) is 4.31 Å². The van der Waals surface area contributed by atoms with E-state index in [1.165, 1.54) is 30.1 Å². The predicted molar refractivity (Wildman–Crippen MR) is 79.5 cm³/mol. The Morgan fingerprint density at radius 3 is 3.00 bits per heavy atom. The first kappa shape index (κ1) is 14.9. The molecule has 9 heteroatoms. The fourth-order valence-corrected chi connectivity index (χ4v) is 3.83. The van der Waals surface area contributed by atoms with Crippen LogP contribution in [0, 0.1) is 0 Å². The number of aromatic amines is 1. The van der Waals surface area contributed by atoms with Crippen molar-refractivity contribution in [3.8, 4) is 0 Å². The lowest BCUT2D eigenvalue weighted by Crippen LogP contribution is -2.36. The molecule has 0 spiro atoms. The van der Waals surface area contributed by atoms with Crippen molar-refractivity contribution in [1.29, 1.82) is 0 Å². The summed E-state index contributed by atoms with van der Waals surface area (Å²) in [5.41, 5.74) is 0.483. The van der Waals surface area contributed by atoms with Gasteiger partial charge < -0.3 is 9.88 Å². The molecule has 8 nitrogen and oxygen atoms in total. The fraction of sp³-hybridized carbons (Fsp3) is 0.462. The van der Waals surface area contributed by atoms with Gasteiger partial charge in [0.2, 0.25) is 15.9 Å². The lowest BCUT2D eigenvalue weighted by Gasteiger charge is -2.21. The number of hydrogen-bond donors (Lipinski definition) is 1. The molecule has 22 heavy (non-hydrogen) atoms. The van der Waals surface area contributed by atoms with Gasteiger partial charge in [0.1, 0.15) is 16.9 Å². The molecule has 3 heterocycles. The molecular formula is C13H17N5O3S. The van der Waals surface area contributed by atoms with Gasteiger partial charge in [-0.15, -0.1) is 0 Å². The molecule has 1 aliphatic heterocycles. The van der Waals surface area contributed by atoms with E-state index in [4.69, 9.17) is 0 Å². The number of likely N-dealkylation sites (N-methyl/N-ethyl adjacent to an activating group) is 1. The summed E-state index contributed by atoms with van der Waals surface area (Å²) in [6, 6.07) is 0. The van der Waals surface area contributed by atoms with Crippen LogP contribution in [0.4, 0.5) is 0 Å². The molecule has 1 aliphatic rings. The van der Waals surface area contributed by atoms with Gasteiger partial charge in [-0.3, -0.25) is 4.79 Å². The summed E-state index contributed by atoms with van der Waals surface area (Å²) in [7, 11) is -2.13. The van der Waals surface area contributed by atoms with E-state index < -0.39 is 10.0 Å². The van der Waals surface area contributed by atoms with Gasteiger partial charge in [-0.1, -0.05) is 0 Å². The highest BCUT2D eigenvalue weighted by Gasteiger charge is 2.26. The van der Waals surface area contributed by atoms with E-state index in [0.29, 0.717) is 30.5 Å². The molecule has 118 valence electrons. The van der Waals surface area contributed by atoms with Crippen LogP contribution < -0.4 is 0 Å². The number of nitrogens with one attached hydrogen (secondary N) is 1. The molecule has 0 bridgehead atoms. The Balaban J connectivity index is 1.78. The van der Waals surface area contributed by atoms with Crippen molar-refractivity contribution in [3.05, 3.63) is 18.7 Å². The zero-order valence-corrected chi connectivity index (χ0v) is 13.0. The number of amides is 1. The summed E-state index contributed by atoms with van der Waals surface area (Å²) in [5.74, 6) is 0.0892. The minimum absolute atomic E-state index is 0.0892. The average molecular weight is 323 g/mol. The number of carbonyl (C=O) groups excluding carboxylic acids is 1. The number of carbonyl (C=O) groups is 1. The summed E-state index contributed by atoms with van der Waals surface area (Å²) in [4.78, 5) is 24.1. The molecule has 0 aromatic carbocycles. The van der Waals surface area contributed by atoms with Crippen LogP contribution in [0.15, 0.2) is 23.6 Å².